The summed E-state index contributed by atoms with van der Waals surface area (Å²) < 4.78 is 0. The summed E-state index contributed by atoms with van der Waals surface area (Å²) in [7, 11) is 0. The first-order valence-corrected chi connectivity index (χ1v) is 2.88. The van der Waals surface area contributed by atoms with Crippen LogP contribution >= 0.6 is 0 Å². The number of hydrogen-bond donors (Lipinski definition) is 1. The van der Waals surface area contributed by atoms with Gasteiger partial charge in [0.2, 0.25) is 0 Å². The summed E-state index contributed by atoms with van der Waals surface area (Å²) in [4.78, 5) is 0. The van der Waals surface area contributed by atoms with Crippen LogP contribution in [0.5, 0.6) is 0 Å². The lowest BCUT2D eigenvalue weighted by molar-refractivity contribution is 1.15. The molecule has 0 aliphatic heterocycles. The van der Waals surface area contributed by atoms with Crippen LogP contribution in [0, 0.1) is 0 Å². The molecule has 0 unspecified atom stereocenters. The van der Waals surface area contributed by atoms with Crippen LogP contribution in [0.2, 0.25) is 0 Å². The Morgan fingerprint density at radius 1 is 1.44 bits per heavy atom. The number of hydrogen-bond acceptors (Lipinski definition) is 1. The Labute approximate surface area is 56.8 Å². The van der Waals surface area contributed by atoms with Gasteiger partial charge in [0, 0.05) is 6.20 Å². The van der Waals surface area contributed by atoms with Crippen LogP contribution in [-0.4, -0.2) is 0 Å². The second-order valence-corrected chi connectivity index (χ2v) is 1.98. The van der Waals surface area contributed by atoms with Crippen LogP contribution in [0.25, 0.3) is 0 Å². The molecular formula is C8H13N. The molecule has 0 aromatic carbocycles. The lowest BCUT2D eigenvalue weighted by atomic mass is 10.2. The van der Waals surface area contributed by atoms with Gasteiger partial charge in [0.15, 0.2) is 0 Å². The smallest absolute Gasteiger partial charge is 0.00361 e. The average molecular weight is 123 g/mol. The van der Waals surface area contributed by atoms with Gasteiger partial charge >= 0.3 is 0 Å². The third kappa shape index (κ3) is 3.59. The van der Waals surface area contributed by atoms with Gasteiger partial charge in [-0.05, 0) is 25.6 Å². The van der Waals surface area contributed by atoms with Gasteiger partial charge in [0.1, 0.15) is 0 Å². The monoisotopic (exact) mass is 123 g/mol. The second-order valence-electron chi connectivity index (χ2n) is 1.98. The fraction of sp³-hybridized carbons (Fsp3) is 0.250. The first kappa shape index (κ1) is 8.02. The first-order valence-electron chi connectivity index (χ1n) is 2.88. The predicted octanol–water partition coefficient (Wildman–Crippen LogP) is 2.20. The van der Waals surface area contributed by atoms with Gasteiger partial charge in [-0.25, -0.2) is 0 Å². The van der Waals surface area contributed by atoms with Crippen LogP contribution in [0.4, 0.5) is 0 Å². The molecule has 0 heterocycles. The maximum atomic E-state index is 3.77. The number of nitrogens with one attached hydrogen (secondary N) is 1. The van der Waals surface area contributed by atoms with Crippen molar-refractivity contribution in [3.63, 3.8) is 0 Å². The molecule has 1 nitrogen and oxygen atoms in total. The summed E-state index contributed by atoms with van der Waals surface area (Å²) >= 11 is 0. The van der Waals surface area contributed by atoms with E-state index in [-0.39, 0.29) is 0 Å². The number of allylic oxidation sites excluding steroid dienone is 2. The van der Waals surface area contributed by atoms with E-state index in [2.05, 4.69) is 18.5 Å². The molecule has 0 fully saturated rings. The average Bonchev–Trinajstić information content (AvgIpc) is 1.82. The lowest BCUT2D eigenvalue weighted by Gasteiger charge is -1.96. The number of rotatable bonds is 3. The van der Waals surface area contributed by atoms with E-state index in [9.17, 15) is 0 Å². The zero-order valence-corrected chi connectivity index (χ0v) is 6.07. The highest BCUT2D eigenvalue weighted by Crippen LogP contribution is 2.01. The molecule has 0 bridgehead atoms. The fourth-order valence-corrected chi connectivity index (χ4v) is 0.307. The highest BCUT2D eigenvalue weighted by Gasteiger charge is 1.84. The van der Waals surface area contributed by atoms with Crippen LogP contribution in [-0.2, 0) is 0 Å². The Bertz CT molecular complexity index is 143. The Balaban J connectivity index is 3.83. The third-order valence-electron chi connectivity index (χ3n) is 1.09. The largest absolute Gasteiger partial charge is 0.368 e. The van der Waals surface area contributed by atoms with Crippen LogP contribution in [0.15, 0.2) is 36.7 Å². The lowest BCUT2D eigenvalue weighted by Crippen LogP contribution is -1.92. The molecule has 0 aliphatic carbocycles. The molecule has 0 aliphatic rings. The summed E-state index contributed by atoms with van der Waals surface area (Å²) in [5.74, 6) is 0. The summed E-state index contributed by atoms with van der Waals surface area (Å²) in [6, 6.07) is 0. The molecule has 50 valence electrons. The summed E-state index contributed by atoms with van der Waals surface area (Å²) in [5, 5.41) is 2.87. The highest BCUT2D eigenvalue weighted by molar-refractivity contribution is 5.23. The van der Waals surface area contributed by atoms with Gasteiger partial charge in [-0.3, -0.25) is 0 Å². The maximum absolute atomic E-state index is 3.77. The first-order chi connectivity index (χ1) is 4.18. The van der Waals surface area contributed by atoms with Crippen molar-refractivity contribution in [1.29, 1.82) is 0 Å². The molecule has 0 saturated heterocycles. The van der Waals surface area contributed by atoms with Gasteiger partial charge in [0.25, 0.3) is 0 Å². The quantitative estimate of drug-likeness (QED) is 0.567. The van der Waals surface area contributed by atoms with Crippen molar-refractivity contribution in [2.24, 2.45) is 0 Å². The topological polar surface area (TPSA) is 12.0 Å². The molecule has 0 aromatic heterocycles. The minimum Gasteiger partial charge on any atom is -0.368 e. The summed E-state index contributed by atoms with van der Waals surface area (Å²) in [6.07, 6.45) is 3.50. The van der Waals surface area contributed by atoms with E-state index >= 15 is 0 Å². The van der Waals surface area contributed by atoms with Crippen molar-refractivity contribution in [3.8, 4) is 0 Å². The molecule has 9 heavy (non-hydrogen) atoms. The minimum absolute atomic E-state index is 1.07. The van der Waals surface area contributed by atoms with E-state index < -0.39 is 0 Å². The molecule has 0 spiro atoms. The molecule has 1 N–H and O–H groups in total. The van der Waals surface area contributed by atoms with Crippen LogP contribution in [0.1, 0.15) is 13.8 Å². The molecule has 1 heteroatoms. The molecule has 0 amide bonds. The Kier molecular flexibility index (Phi) is 3.52. The predicted molar refractivity (Wildman–Crippen MR) is 41.9 cm³/mol. The van der Waals surface area contributed by atoms with E-state index in [1.807, 2.05) is 20.0 Å². The standard InChI is InChI=1S/C8H13N/c1-5-9-6-8(4)7(2)3/h5-6,9H,1-2H2,3-4H3/b8-6+. The SMILES string of the molecule is C=CN/C=C(\C)C(=C)C. The molecule has 0 aromatic rings. The summed E-state index contributed by atoms with van der Waals surface area (Å²) in [5.41, 5.74) is 2.22. The van der Waals surface area contributed by atoms with Gasteiger partial charge < -0.3 is 5.32 Å². The van der Waals surface area contributed by atoms with Gasteiger partial charge in [-0.1, -0.05) is 18.7 Å². The Morgan fingerprint density at radius 3 is 2.33 bits per heavy atom. The molecule has 0 rings (SSSR count). The van der Waals surface area contributed by atoms with E-state index in [4.69, 9.17) is 0 Å². The van der Waals surface area contributed by atoms with E-state index in [0.717, 1.165) is 11.1 Å². The minimum atomic E-state index is 1.07. The molecular weight excluding hydrogens is 110 g/mol. The van der Waals surface area contributed by atoms with Gasteiger partial charge in [-0.15, -0.1) is 0 Å². The van der Waals surface area contributed by atoms with Crippen molar-refractivity contribution in [2.75, 3.05) is 0 Å². The highest BCUT2D eigenvalue weighted by atomic mass is 14.8. The molecule has 0 radical (unpaired) electrons. The van der Waals surface area contributed by atoms with Crippen LogP contribution < -0.4 is 5.32 Å². The van der Waals surface area contributed by atoms with Crippen molar-refractivity contribution in [2.45, 2.75) is 13.8 Å². The van der Waals surface area contributed by atoms with E-state index in [1.54, 1.807) is 6.20 Å². The van der Waals surface area contributed by atoms with Gasteiger partial charge in [-0.2, -0.15) is 0 Å². The molecule has 0 atom stereocenters. The van der Waals surface area contributed by atoms with Crippen molar-refractivity contribution >= 4 is 0 Å². The maximum Gasteiger partial charge on any atom is 0.00361 e. The third-order valence-corrected chi connectivity index (χ3v) is 1.09. The van der Waals surface area contributed by atoms with Crippen molar-refractivity contribution < 1.29 is 0 Å². The van der Waals surface area contributed by atoms with E-state index in [0.29, 0.717) is 0 Å². The zero-order valence-electron chi connectivity index (χ0n) is 6.07. The van der Waals surface area contributed by atoms with Crippen molar-refractivity contribution in [1.82, 2.24) is 5.32 Å². The van der Waals surface area contributed by atoms with Crippen LogP contribution in [0.3, 0.4) is 0 Å². The second kappa shape index (κ2) is 3.96. The zero-order chi connectivity index (χ0) is 7.28. The fourth-order valence-electron chi connectivity index (χ4n) is 0.307. The normalized spacial score (nSPS) is 10.7. The summed E-state index contributed by atoms with van der Waals surface area (Å²) in [6.45, 7) is 11.2. The van der Waals surface area contributed by atoms with Gasteiger partial charge in [0.05, 0.1) is 0 Å². The van der Waals surface area contributed by atoms with Crippen molar-refractivity contribution in [3.05, 3.63) is 36.7 Å². The molecule has 0 saturated carbocycles. The Hall–Kier alpha value is -0.980. The van der Waals surface area contributed by atoms with E-state index in [1.165, 1.54) is 0 Å². The Morgan fingerprint density at radius 2 is 2.00 bits per heavy atom.